The highest BCUT2D eigenvalue weighted by atomic mass is 19.4. The SMILES string of the molecule is Nc1ncc(-c2ccc(NCc3ccccc3C(F)(F)F)c([N+](=O)[O-])c2)cn1. The van der Waals surface area contributed by atoms with Gasteiger partial charge in [0.2, 0.25) is 5.95 Å². The van der Waals surface area contributed by atoms with Crippen LogP contribution in [0.15, 0.2) is 54.9 Å². The molecule has 1 aromatic heterocycles. The summed E-state index contributed by atoms with van der Waals surface area (Å²) >= 11 is 0. The van der Waals surface area contributed by atoms with Crippen molar-refractivity contribution in [3.8, 4) is 11.1 Å². The molecule has 2 aromatic carbocycles. The highest BCUT2D eigenvalue weighted by molar-refractivity contribution is 5.73. The average molecular weight is 389 g/mol. The Morgan fingerprint density at radius 2 is 1.75 bits per heavy atom. The molecule has 0 saturated carbocycles. The molecule has 1 heterocycles. The molecule has 0 atom stereocenters. The lowest BCUT2D eigenvalue weighted by molar-refractivity contribution is -0.383. The second kappa shape index (κ2) is 7.51. The van der Waals surface area contributed by atoms with Gasteiger partial charge in [0.1, 0.15) is 5.69 Å². The van der Waals surface area contributed by atoms with E-state index in [0.29, 0.717) is 11.1 Å². The van der Waals surface area contributed by atoms with Crippen molar-refractivity contribution in [3.05, 3.63) is 76.1 Å². The first-order chi connectivity index (χ1) is 13.3. The minimum absolute atomic E-state index is 0.0136. The zero-order valence-corrected chi connectivity index (χ0v) is 14.3. The smallest absolute Gasteiger partial charge is 0.375 e. The van der Waals surface area contributed by atoms with E-state index in [0.717, 1.165) is 6.07 Å². The quantitative estimate of drug-likeness (QED) is 0.499. The van der Waals surface area contributed by atoms with E-state index < -0.39 is 16.7 Å². The van der Waals surface area contributed by atoms with Gasteiger partial charge in [-0.25, -0.2) is 9.97 Å². The van der Waals surface area contributed by atoms with E-state index in [1.165, 1.54) is 42.7 Å². The van der Waals surface area contributed by atoms with Gasteiger partial charge in [0, 0.05) is 30.6 Å². The van der Waals surface area contributed by atoms with E-state index in [-0.39, 0.29) is 29.4 Å². The van der Waals surface area contributed by atoms with E-state index >= 15 is 0 Å². The molecule has 0 aliphatic rings. The number of alkyl halides is 3. The van der Waals surface area contributed by atoms with Crippen LogP contribution in [0.4, 0.5) is 30.5 Å². The maximum absolute atomic E-state index is 13.1. The Kier molecular flexibility index (Phi) is 5.12. The zero-order chi connectivity index (χ0) is 20.3. The van der Waals surface area contributed by atoms with E-state index in [9.17, 15) is 23.3 Å². The first-order valence-corrected chi connectivity index (χ1v) is 8.01. The lowest BCUT2D eigenvalue weighted by Crippen LogP contribution is -2.12. The normalized spacial score (nSPS) is 11.2. The van der Waals surface area contributed by atoms with Gasteiger partial charge < -0.3 is 11.1 Å². The largest absolute Gasteiger partial charge is 0.416 e. The first kappa shape index (κ1) is 19.1. The summed E-state index contributed by atoms with van der Waals surface area (Å²) in [6, 6.07) is 9.37. The number of nitro groups is 1. The lowest BCUT2D eigenvalue weighted by atomic mass is 10.1. The highest BCUT2D eigenvalue weighted by Crippen LogP contribution is 2.34. The molecular formula is C18H14F3N5O2. The Labute approximate surface area is 157 Å². The van der Waals surface area contributed by atoms with E-state index in [2.05, 4.69) is 15.3 Å². The monoisotopic (exact) mass is 389 g/mol. The Bertz CT molecular complexity index is 1010. The molecular weight excluding hydrogens is 375 g/mol. The van der Waals surface area contributed by atoms with Crippen molar-refractivity contribution >= 4 is 17.3 Å². The van der Waals surface area contributed by atoms with E-state index in [1.54, 1.807) is 6.07 Å². The number of nitro benzene ring substituents is 1. The number of rotatable bonds is 5. The molecule has 10 heteroatoms. The number of nitrogens with one attached hydrogen (secondary N) is 1. The molecule has 0 aliphatic carbocycles. The van der Waals surface area contributed by atoms with Crippen LogP contribution in [0.2, 0.25) is 0 Å². The second-order valence-electron chi connectivity index (χ2n) is 5.83. The fourth-order valence-corrected chi connectivity index (χ4v) is 2.64. The van der Waals surface area contributed by atoms with Gasteiger partial charge in [0.05, 0.1) is 10.5 Å². The summed E-state index contributed by atoms with van der Waals surface area (Å²) in [4.78, 5) is 18.5. The third-order valence-corrected chi connectivity index (χ3v) is 3.99. The Morgan fingerprint density at radius 3 is 2.39 bits per heavy atom. The fraction of sp³-hybridized carbons (Fsp3) is 0.111. The maximum Gasteiger partial charge on any atom is 0.416 e. The Balaban J connectivity index is 1.89. The van der Waals surface area contributed by atoms with Gasteiger partial charge in [0.25, 0.3) is 5.69 Å². The third-order valence-electron chi connectivity index (χ3n) is 3.99. The van der Waals surface area contributed by atoms with Crippen LogP contribution in [-0.2, 0) is 12.7 Å². The van der Waals surface area contributed by atoms with Crippen LogP contribution in [-0.4, -0.2) is 14.9 Å². The fourth-order valence-electron chi connectivity index (χ4n) is 2.64. The number of hydrogen-bond acceptors (Lipinski definition) is 6. The van der Waals surface area contributed by atoms with Gasteiger partial charge in [-0.15, -0.1) is 0 Å². The average Bonchev–Trinajstić information content (AvgIpc) is 2.66. The molecule has 144 valence electrons. The van der Waals surface area contributed by atoms with Gasteiger partial charge >= 0.3 is 6.18 Å². The first-order valence-electron chi connectivity index (χ1n) is 8.01. The van der Waals surface area contributed by atoms with Crippen molar-refractivity contribution in [2.24, 2.45) is 0 Å². The number of nitrogen functional groups attached to an aromatic ring is 1. The summed E-state index contributed by atoms with van der Waals surface area (Å²) < 4.78 is 39.3. The third kappa shape index (κ3) is 4.17. The van der Waals surface area contributed by atoms with Gasteiger partial charge in [-0.1, -0.05) is 24.3 Å². The molecule has 0 radical (unpaired) electrons. The number of anilines is 2. The molecule has 0 bridgehead atoms. The molecule has 0 saturated heterocycles. The van der Waals surface area contributed by atoms with Crippen molar-refractivity contribution < 1.29 is 18.1 Å². The predicted molar refractivity (Wildman–Crippen MR) is 97.3 cm³/mol. The summed E-state index contributed by atoms with van der Waals surface area (Å²) in [7, 11) is 0. The van der Waals surface area contributed by atoms with Gasteiger partial charge in [-0.3, -0.25) is 10.1 Å². The van der Waals surface area contributed by atoms with Gasteiger partial charge in [0.15, 0.2) is 0 Å². The Morgan fingerprint density at radius 1 is 1.07 bits per heavy atom. The molecule has 0 spiro atoms. The summed E-state index contributed by atoms with van der Waals surface area (Å²) in [5.41, 5.74) is 5.44. The molecule has 0 aliphatic heterocycles. The van der Waals surface area contributed by atoms with Crippen LogP contribution in [0.5, 0.6) is 0 Å². The minimum Gasteiger partial charge on any atom is -0.375 e. The van der Waals surface area contributed by atoms with Crippen molar-refractivity contribution in [1.29, 1.82) is 0 Å². The molecule has 0 unspecified atom stereocenters. The maximum atomic E-state index is 13.1. The van der Waals surface area contributed by atoms with Gasteiger partial charge in [-0.2, -0.15) is 13.2 Å². The van der Waals surface area contributed by atoms with Crippen LogP contribution in [0.1, 0.15) is 11.1 Å². The zero-order valence-electron chi connectivity index (χ0n) is 14.3. The molecule has 3 rings (SSSR count). The predicted octanol–water partition coefficient (Wildman–Crippen LogP) is 4.26. The van der Waals surface area contributed by atoms with Crippen molar-refractivity contribution in [1.82, 2.24) is 9.97 Å². The van der Waals surface area contributed by atoms with Crippen LogP contribution in [0.3, 0.4) is 0 Å². The number of halogens is 3. The molecule has 0 amide bonds. The topological polar surface area (TPSA) is 107 Å². The van der Waals surface area contributed by atoms with Crippen molar-refractivity contribution in [3.63, 3.8) is 0 Å². The number of nitrogens with zero attached hydrogens (tertiary/aromatic N) is 3. The van der Waals surface area contributed by atoms with Crippen molar-refractivity contribution in [2.45, 2.75) is 12.7 Å². The van der Waals surface area contributed by atoms with Crippen molar-refractivity contribution in [2.75, 3.05) is 11.1 Å². The number of nitrogens with two attached hydrogens (primary N) is 1. The summed E-state index contributed by atoms with van der Waals surface area (Å²) in [5.74, 6) is 0.0693. The summed E-state index contributed by atoms with van der Waals surface area (Å²) in [6.45, 7) is -0.221. The Hall–Kier alpha value is -3.69. The van der Waals surface area contributed by atoms with Crippen LogP contribution >= 0.6 is 0 Å². The minimum atomic E-state index is -4.51. The van der Waals surface area contributed by atoms with E-state index in [4.69, 9.17) is 5.73 Å². The van der Waals surface area contributed by atoms with Crippen LogP contribution in [0.25, 0.3) is 11.1 Å². The number of hydrogen-bond donors (Lipinski definition) is 2. The second-order valence-corrected chi connectivity index (χ2v) is 5.83. The molecule has 7 nitrogen and oxygen atoms in total. The lowest BCUT2D eigenvalue weighted by Gasteiger charge is -2.14. The van der Waals surface area contributed by atoms with Crippen LogP contribution < -0.4 is 11.1 Å². The van der Waals surface area contributed by atoms with Gasteiger partial charge in [-0.05, 0) is 23.3 Å². The van der Waals surface area contributed by atoms with Crippen LogP contribution in [0, 0.1) is 10.1 Å². The standard InChI is InChI=1S/C18H14F3N5O2/c19-18(20,21)14-4-2-1-3-12(14)8-23-15-6-5-11(7-16(15)26(27)28)13-9-24-17(22)25-10-13/h1-7,9-10,23H,8H2,(H2,22,24,25). The molecule has 3 aromatic rings. The summed E-state index contributed by atoms with van der Waals surface area (Å²) in [5, 5.41) is 14.1. The number of aromatic nitrogens is 2. The molecule has 28 heavy (non-hydrogen) atoms. The molecule has 0 fully saturated rings. The highest BCUT2D eigenvalue weighted by Gasteiger charge is 2.32. The number of benzene rings is 2. The summed E-state index contributed by atoms with van der Waals surface area (Å²) in [6.07, 6.45) is -1.66. The molecule has 3 N–H and O–H groups in total. The van der Waals surface area contributed by atoms with E-state index in [1.807, 2.05) is 0 Å².